The third-order valence-corrected chi connectivity index (χ3v) is 3.94. The summed E-state index contributed by atoms with van der Waals surface area (Å²) in [6.07, 6.45) is -0.182. The fraction of sp³-hybridized carbons (Fsp3) is 0.294. The highest BCUT2D eigenvalue weighted by Gasteiger charge is 2.28. The van der Waals surface area contributed by atoms with E-state index in [0.29, 0.717) is 23.8 Å². The lowest BCUT2D eigenvalue weighted by molar-refractivity contribution is 0.0657. The highest BCUT2D eigenvalue weighted by Crippen LogP contribution is 2.41. The molecule has 2 aromatic carbocycles. The zero-order valence-electron chi connectivity index (χ0n) is 11.8. The smallest absolute Gasteiger partial charge is 0.127 e. The summed E-state index contributed by atoms with van der Waals surface area (Å²) in [5.74, 6) is 0.698. The Morgan fingerprint density at radius 3 is 2.71 bits per heavy atom. The van der Waals surface area contributed by atoms with Crippen LogP contribution < -0.4 is 4.74 Å². The van der Waals surface area contributed by atoms with E-state index < -0.39 is 6.10 Å². The zero-order chi connectivity index (χ0) is 14.8. The van der Waals surface area contributed by atoms with Gasteiger partial charge in [-0.15, -0.1) is 0 Å². The minimum atomic E-state index is -0.559. The molecule has 0 saturated heterocycles. The predicted octanol–water partition coefficient (Wildman–Crippen LogP) is 4.04. The van der Waals surface area contributed by atoms with Crippen molar-refractivity contribution in [2.24, 2.45) is 0 Å². The van der Waals surface area contributed by atoms with Crippen LogP contribution in [0.15, 0.2) is 42.5 Å². The van der Waals surface area contributed by atoms with Crippen LogP contribution in [0.2, 0.25) is 5.02 Å². The predicted molar refractivity (Wildman–Crippen MR) is 81.6 cm³/mol. The average Bonchev–Trinajstić information content (AvgIpc) is 2.49. The Hall–Kier alpha value is -1.55. The van der Waals surface area contributed by atoms with Crippen LogP contribution in [0.5, 0.6) is 5.75 Å². The van der Waals surface area contributed by atoms with Crippen LogP contribution in [0.3, 0.4) is 0 Å². The molecule has 1 N–H and O–H groups in total. The Kier molecular flexibility index (Phi) is 4.15. The first-order valence-corrected chi connectivity index (χ1v) is 7.27. The third kappa shape index (κ3) is 3.05. The van der Waals surface area contributed by atoms with Crippen molar-refractivity contribution in [1.82, 2.24) is 0 Å². The molecule has 0 aliphatic carbocycles. The third-order valence-electron chi connectivity index (χ3n) is 3.70. The van der Waals surface area contributed by atoms with E-state index in [1.165, 1.54) is 0 Å². The van der Waals surface area contributed by atoms with Crippen molar-refractivity contribution in [1.29, 1.82) is 0 Å². The van der Waals surface area contributed by atoms with Gasteiger partial charge in [0.05, 0.1) is 12.7 Å². The van der Waals surface area contributed by atoms with E-state index in [1.54, 1.807) is 19.2 Å². The highest BCUT2D eigenvalue weighted by molar-refractivity contribution is 6.30. The molecule has 21 heavy (non-hydrogen) atoms. The first-order chi connectivity index (χ1) is 10.2. The SMILES string of the molecule is COCc1ccc(C2CC(O)c3cc(Cl)ccc3O2)cc1. The topological polar surface area (TPSA) is 38.7 Å². The highest BCUT2D eigenvalue weighted by atomic mass is 35.5. The van der Waals surface area contributed by atoms with E-state index in [1.807, 2.05) is 30.3 Å². The standard InChI is InChI=1S/C17H17ClO3/c1-20-10-11-2-4-12(5-3-11)17-9-15(19)14-8-13(18)6-7-16(14)21-17/h2-8,15,17,19H,9-10H2,1H3. The molecule has 1 heterocycles. The number of halogens is 1. The fourth-order valence-electron chi connectivity index (χ4n) is 2.62. The van der Waals surface area contributed by atoms with Gasteiger partial charge in [-0.05, 0) is 29.3 Å². The number of aliphatic hydroxyl groups excluding tert-OH is 1. The second-order valence-electron chi connectivity index (χ2n) is 5.21. The largest absolute Gasteiger partial charge is 0.485 e. The Balaban J connectivity index is 1.83. The van der Waals surface area contributed by atoms with Crippen LogP contribution in [0.25, 0.3) is 0 Å². The number of hydrogen-bond donors (Lipinski definition) is 1. The number of fused-ring (bicyclic) bond motifs is 1. The molecule has 2 aromatic rings. The van der Waals surface area contributed by atoms with Gasteiger partial charge in [0.25, 0.3) is 0 Å². The van der Waals surface area contributed by atoms with Crippen LogP contribution in [0.1, 0.15) is 35.3 Å². The minimum absolute atomic E-state index is 0.148. The molecule has 0 amide bonds. The van der Waals surface area contributed by atoms with Gasteiger partial charge in [-0.3, -0.25) is 0 Å². The quantitative estimate of drug-likeness (QED) is 0.930. The first-order valence-electron chi connectivity index (χ1n) is 6.89. The van der Waals surface area contributed by atoms with E-state index in [2.05, 4.69) is 0 Å². The summed E-state index contributed by atoms with van der Waals surface area (Å²) >= 11 is 5.96. The number of aliphatic hydroxyl groups is 1. The minimum Gasteiger partial charge on any atom is -0.485 e. The van der Waals surface area contributed by atoms with Gasteiger partial charge >= 0.3 is 0 Å². The van der Waals surface area contributed by atoms with Crippen molar-refractivity contribution < 1.29 is 14.6 Å². The number of methoxy groups -OCH3 is 1. The normalized spacial score (nSPS) is 20.7. The fourth-order valence-corrected chi connectivity index (χ4v) is 2.80. The van der Waals surface area contributed by atoms with Crippen LogP contribution in [0, 0.1) is 0 Å². The molecule has 0 bridgehead atoms. The van der Waals surface area contributed by atoms with E-state index in [9.17, 15) is 5.11 Å². The van der Waals surface area contributed by atoms with Crippen LogP contribution in [0.4, 0.5) is 0 Å². The van der Waals surface area contributed by atoms with Gasteiger partial charge in [-0.2, -0.15) is 0 Å². The van der Waals surface area contributed by atoms with Crippen molar-refractivity contribution >= 4 is 11.6 Å². The van der Waals surface area contributed by atoms with Gasteiger partial charge in [0.2, 0.25) is 0 Å². The van der Waals surface area contributed by atoms with Gasteiger partial charge in [0.15, 0.2) is 0 Å². The molecule has 0 fully saturated rings. The summed E-state index contributed by atoms with van der Waals surface area (Å²) in [4.78, 5) is 0. The van der Waals surface area contributed by atoms with Crippen LogP contribution in [-0.2, 0) is 11.3 Å². The molecular formula is C17H17ClO3. The summed E-state index contributed by atoms with van der Waals surface area (Å²) in [5.41, 5.74) is 2.93. The molecule has 0 radical (unpaired) electrons. The van der Waals surface area contributed by atoms with Gasteiger partial charge in [-0.25, -0.2) is 0 Å². The van der Waals surface area contributed by atoms with Crippen molar-refractivity contribution in [2.75, 3.05) is 7.11 Å². The molecule has 1 aliphatic heterocycles. The molecule has 110 valence electrons. The molecule has 1 aliphatic rings. The summed E-state index contributed by atoms with van der Waals surface area (Å²) < 4.78 is 11.1. The van der Waals surface area contributed by atoms with E-state index in [0.717, 1.165) is 16.7 Å². The summed E-state index contributed by atoms with van der Waals surface area (Å²) in [5, 5.41) is 10.9. The maximum atomic E-state index is 10.3. The Morgan fingerprint density at radius 2 is 2.00 bits per heavy atom. The van der Waals surface area contributed by atoms with Gasteiger partial charge in [-0.1, -0.05) is 35.9 Å². The molecule has 4 heteroatoms. The summed E-state index contributed by atoms with van der Waals surface area (Å²) in [6, 6.07) is 13.4. The molecule has 0 saturated carbocycles. The summed E-state index contributed by atoms with van der Waals surface area (Å²) in [6.45, 7) is 0.593. The molecular weight excluding hydrogens is 288 g/mol. The lowest BCUT2D eigenvalue weighted by atomic mass is 9.94. The molecule has 0 spiro atoms. The number of hydrogen-bond acceptors (Lipinski definition) is 3. The van der Waals surface area contributed by atoms with E-state index in [4.69, 9.17) is 21.1 Å². The Labute approximate surface area is 129 Å². The zero-order valence-corrected chi connectivity index (χ0v) is 12.5. The second-order valence-corrected chi connectivity index (χ2v) is 5.65. The number of ether oxygens (including phenoxy) is 2. The van der Waals surface area contributed by atoms with Crippen LogP contribution in [-0.4, -0.2) is 12.2 Å². The van der Waals surface area contributed by atoms with Crippen molar-refractivity contribution in [3.63, 3.8) is 0 Å². The second kappa shape index (κ2) is 6.06. The van der Waals surface area contributed by atoms with Gasteiger partial charge < -0.3 is 14.6 Å². The average molecular weight is 305 g/mol. The van der Waals surface area contributed by atoms with Crippen LogP contribution >= 0.6 is 11.6 Å². The molecule has 0 aromatic heterocycles. The van der Waals surface area contributed by atoms with Crippen molar-refractivity contribution in [2.45, 2.75) is 25.2 Å². The maximum Gasteiger partial charge on any atom is 0.127 e. The Morgan fingerprint density at radius 1 is 1.24 bits per heavy atom. The number of benzene rings is 2. The molecule has 2 atom stereocenters. The molecule has 2 unspecified atom stereocenters. The molecule has 3 nitrogen and oxygen atoms in total. The monoisotopic (exact) mass is 304 g/mol. The van der Waals surface area contributed by atoms with Gasteiger partial charge in [0.1, 0.15) is 11.9 Å². The lowest BCUT2D eigenvalue weighted by Crippen LogP contribution is -2.19. The van der Waals surface area contributed by atoms with Crippen molar-refractivity contribution in [3.8, 4) is 5.75 Å². The van der Waals surface area contributed by atoms with E-state index >= 15 is 0 Å². The number of rotatable bonds is 3. The lowest BCUT2D eigenvalue weighted by Gasteiger charge is -2.30. The summed E-state index contributed by atoms with van der Waals surface area (Å²) in [7, 11) is 1.68. The van der Waals surface area contributed by atoms with Crippen molar-refractivity contribution in [3.05, 3.63) is 64.2 Å². The maximum absolute atomic E-state index is 10.3. The van der Waals surface area contributed by atoms with E-state index in [-0.39, 0.29) is 6.10 Å². The molecule has 3 rings (SSSR count). The first kappa shape index (κ1) is 14.4. The Bertz CT molecular complexity index is 624. The van der Waals surface area contributed by atoms with Gasteiger partial charge in [0, 0.05) is 24.1 Å².